The zero-order valence-corrected chi connectivity index (χ0v) is 10.4. The van der Waals surface area contributed by atoms with Crippen LogP contribution >= 0.6 is 11.8 Å². The monoisotopic (exact) mass is 279 g/mol. The maximum Gasteiger partial charge on any atom is 0.419 e. The molecule has 6 heteroatoms. The highest BCUT2D eigenvalue weighted by Crippen LogP contribution is 2.33. The van der Waals surface area contributed by atoms with Gasteiger partial charge in [-0.25, -0.2) is 4.39 Å². The fraction of sp³-hybridized carbons (Fsp3) is 0.500. The van der Waals surface area contributed by atoms with Crippen molar-refractivity contribution < 1.29 is 17.6 Å². The van der Waals surface area contributed by atoms with Crippen LogP contribution in [-0.2, 0) is 6.18 Å². The van der Waals surface area contributed by atoms with Crippen molar-refractivity contribution >= 4 is 17.4 Å². The lowest BCUT2D eigenvalue weighted by atomic mass is 10.1. The van der Waals surface area contributed by atoms with Crippen molar-refractivity contribution in [3.63, 3.8) is 0 Å². The Bertz CT molecular complexity index is 413. The molecular weight excluding hydrogens is 266 g/mol. The smallest absolute Gasteiger partial charge is 0.385 e. The molecule has 0 bridgehead atoms. The second kappa shape index (κ2) is 5.38. The molecule has 1 aromatic rings. The topological polar surface area (TPSA) is 12.0 Å². The number of hydrogen-bond acceptors (Lipinski definition) is 2. The summed E-state index contributed by atoms with van der Waals surface area (Å²) in [6.45, 7) is 0.635. The van der Waals surface area contributed by atoms with Crippen LogP contribution in [0.25, 0.3) is 0 Å². The maximum atomic E-state index is 13.1. The Morgan fingerprint density at radius 3 is 2.72 bits per heavy atom. The highest BCUT2D eigenvalue weighted by atomic mass is 32.2. The molecule has 100 valence electrons. The zero-order chi connectivity index (χ0) is 13.2. The second-order valence-corrected chi connectivity index (χ2v) is 5.45. The first kappa shape index (κ1) is 13.5. The first-order valence-electron chi connectivity index (χ1n) is 5.65. The highest BCUT2D eigenvalue weighted by molar-refractivity contribution is 7.99. The van der Waals surface area contributed by atoms with E-state index < -0.39 is 17.6 Å². The first-order valence-corrected chi connectivity index (χ1v) is 6.80. The van der Waals surface area contributed by atoms with Gasteiger partial charge in [-0.15, -0.1) is 0 Å². The summed E-state index contributed by atoms with van der Waals surface area (Å²) in [5.74, 6) is 1.38. The van der Waals surface area contributed by atoms with Gasteiger partial charge >= 0.3 is 6.18 Å². The van der Waals surface area contributed by atoms with Gasteiger partial charge in [-0.2, -0.15) is 24.9 Å². The van der Waals surface area contributed by atoms with Crippen LogP contribution in [0.5, 0.6) is 0 Å². The molecule has 1 nitrogen and oxygen atoms in total. The van der Waals surface area contributed by atoms with Gasteiger partial charge in [-0.05, 0) is 42.0 Å². The van der Waals surface area contributed by atoms with Gasteiger partial charge in [0.15, 0.2) is 0 Å². The van der Waals surface area contributed by atoms with Gasteiger partial charge in [0.2, 0.25) is 0 Å². The van der Waals surface area contributed by atoms with Gasteiger partial charge < -0.3 is 5.32 Å². The fourth-order valence-corrected chi connectivity index (χ4v) is 3.14. The van der Waals surface area contributed by atoms with E-state index in [0.717, 1.165) is 30.1 Å². The van der Waals surface area contributed by atoms with Crippen molar-refractivity contribution in [2.45, 2.75) is 12.6 Å². The molecule has 1 aliphatic heterocycles. The summed E-state index contributed by atoms with van der Waals surface area (Å²) in [6.07, 6.45) is -3.57. The Morgan fingerprint density at radius 1 is 1.33 bits per heavy atom. The Kier molecular flexibility index (Phi) is 4.04. The normalized spacial score (nSPS) is 20.1. The van der Waals surface area contributed by atoms with Crippen LogP contribution in [-0.4, -0.2) is 18.1 Å². The lowest BCUT2D eigenvalue weighted by molar-refractivity contribution is -0.139. The zero-order valence-electron chi connectivity index (χ0n) is 9.56. The summed E-state index contributed by atoms with van der Waals surface area (Å²) in [5.41, 5.74) is -0.895. The highest BCUT2D eigenvalue weighted by Gasteiger charge is 2.34. The predicted molar refractivity (Wildman–Crippen MR) is 65.3 cm³/mol. The third-order valence-corrected chi connectivity index (χ3v) is 4.12. The molecule has 0 aliphatic carbocycles. The Balaban J connectivity index is 2.04. The van der Waals surface area contributed by atoms with Crippen molar-refractivity contribution in [3.8, 4) is 0 Å². The summed E-state index contributed by atoms with van der Waals surface area (Å²) in [6, 6.07) is 3.03. The second-order valence-electron chi connectivity index (χ2n) is 4.30. The summed E-state index contributed by atoms with van der Waals surface area (Å²) >= 11 is 1.85. The standard InChI is InChI=1S/C12H13F4NS/c13-11-2-1-9(5-10(11)12(14,15)16)17-6-8-3-4-18-7-8/h1-2,5,8,17H,3-4,6-7H2. The summed E-state index contributed by atoms with van der Waals surface area (Å²) in [7, 11) is 0. The predicted octanol–water partition coefficient (Wildman–Crippen LogP) is 4.01. The number of thioether (sulfide) groups is 1. The molecule has 0 spiro atoms. The van der Waals surface area contributed by atoms with Gasteiger partial charge in [-0.3, -0.25) is 0 Å². The van der Waals surface area contributed by atoms with Crippen LogP contribution < -0.4 is 5.32 Å². The molecule has 1 aromatic carbocycles. The van der Waals surface area contributed by atoms with Crippen LogP contribution in [0, 0.1) is 11.7 Å². The van der Waals surface area contributed by atoms with E-state index >= 15 is 0 Å². The molecule has 1 aliphatic rings. The van der Waals surface area contributed by atoms with Crippen molar-refractivity contribution in [1.29, 1.82) is 0 Å². The lowest BCUT2D eigenvalue weighted by Crippen LogP contribution is -2.15. The lowest BCUT2D eigenvalue weighted by Gasteiger charge is -2.14. The van der Waals surface area contributed by atoms with Gasteiger partial charge in [0, 0.05) is 12.2 Å². The minimum Gasteiger partial charge on any atom is -0.385 e. The third kappa shape index (κ3) is 3.31. The minimum absolute atomic E-state index is 0.320. The van der Waals surface area contributed by atoms with E-state index in [1.807, 2.05) is 11.8 Å². The molecule has 0 aromatic heterocycles. The number of nitrogens with one attached hydrogen (secondary N) is 1. The van der Waals surface area contributed by atoms with Crippen molar-refractivity contribution in [1.82, 2.24) is 0 Å². The molecule has 18 heavy (non-hydrogen) atoms. The van der Waals surface area contributed by atoms with Gasteiger partial charge in [0.25, 0.3) is 0 Å². The Hall–Kier alpha value is -0.910. The van der Waals surface area contributed by atoms with Gasteiger partial charge in [0.1, 0.15) is 5.82 Å². The number of benzene rings is 1. The largest absolute Gasteiger partial charge is 0.419 e. The first-order chi connectivity index (χ1) is 8.47. The molecule has 0 saturated carbocycles. The molecule has 1 saturated heterocycles. The number of halogens is 4. The SMILES string of the molecule is Fc1ccc(NCC2CCSC2)cc1C(F)(F)F. The van der Waals surface area contributed by atoms with E-state index in [1.165, 1.54) is 6.07 Å². The van der Waals surface area contributed by atoms with Gasteiger partial charge in [-0.1, -0.05) is 0 Å². The number of alkyl halides is 3. The summed E-state index contributed by atoms with van der Waals surface area (Å²) in [5, 5.41) is 2.95. The van der Waals surface area contributed by atoms with Crippen LogP contribution in [0.2, 0.25) is 0 Å². The van der Waals surface area contributed by atoms with E-state index in [1.54, 1.807) is 0 Å². The van der Waals surface area contributed by atoms with Crippen LogP contribution in [0.15, 0.2) is 18.2 Å². The average molecular weight is 279 g/mol. The maximum absolute atomic E-state index is 13.1. The molecule has 0 radical (unpaired) electrons. The molecule has 1 fully saturated rings. The average Bonchev–Trinajstić information content (AvgIpc) is 2.79. The summed E-state index contributed by atoms with van der Waals surface area (Å²) in [4.78, 5) is 0. The van der Waals surface area contributed by atoms with E-state index in [2.05, 4.69) is 5.32 Å². The molecule has 1 heterocycles. The third-order valence-electron chi connectivity index (χ3n) is 2.89. The van der Waals surface area contributed by atoms with E-state index in [4.69, 9.17) is 0 Å². The number of anilines is 1. The minimum atomic E-state index is -4.65. The molecule has 1 unspecified atom stereocenters. The van der Waals surface area contributed by atoms with E-state index in [0.29, 0.717) is 18.2 Å². The molecule has 0 amide bonds. The number of hydrogen-bond donors (Lipinski definition) is 1. The Morgan fingerprint density at radius 2 is 2.11 bits per heavy atom. The fourth-order valence-electron chi connectivity index (χ4n) is 1.86. The van der Waals surface area contributed by atoms with Crippen molar-refractivity contribution in [2.24, 2.45) is 5.92 Å². The van der Waals surface area contributed by atoms with Crippen molar-refractivity contribution in [3.05, 3.63) is 29.6 Å². The molecule has 1 atom stereocenters. The van der Waals surface area contributed by atoms with Crippen LogP contribution in [0.4, 0.5) is 23.2 Å². The van der Waals surface area contributed by atoms with E-state index in [9.17, 15) is 17.6 Å². The molecular formula is C12H13F4NS. The van der Waals surface area contributed by atoms with Gasteiger partial charge in [0.05, 0.1) is 5.56 Å². The van der Waals surface area contributed by atoms with Crippen molar-refractivity contribution in [2.75, 3.05) is 23.4 Å². The van der Waals surface area contributed by atoms with Crippen LogP contribution in [0.1, 0.15) is 12.0 Å². The molecule has 1 N–H and O–H groups in total. The molecule has 2 rings (SSSR count). The number of rotatable bonds is 3. The van der Waals surface area contributed by atoms with Crippen LogP contribution in [0.3, 0.4) is 0 Å². The van der Waals surface area contributed by atoms with E-state index in [-0.39, 0.29) is 0 Å². The summed E-state index contributed by atoms with van der Waals surface area (Å²) < 4.78 is 50.6. The Labute approximate surface area is 107 Å². The quantitative estimate of drug-likeness (QED) is 0.839.